The summed E-state index contributed by atoms with van der Waals surface area (Å²) >= 11 is 0. The zero-order valence-electron chi connectivity index (χ0n) is 17.2. The summed E-state index contributed by atoms with van der Waals surface area (Å²) in [5, 5.41) is 49.3. The Hall–Kier alpha value is -4.53. The van der Waals surface area contributed by atoms with Gasteiger partial charge < -0.3 is 11.1 Å². The molecule has 0 spiro atoms. The van der Waals surface area contributed by atoms with Gasteiger partial charge in [-0.2, -0.15) is 21.0 Å². The molecule has 33 heavy (non-hydrogen) atoms. The van der Waals surface area contributed by atoms with Gasteiger partial charge in [-0.25, -0.2) is 8.78 Å². The fourth-order valence-electron chi connectivity index (χ4n) is 5.40. The molecule has 3 aliphatic rings. The number of halogens is 2. The summed E-state index contributed by atoms with van der Waals surface area (Å²) in [5.74, 6) is -3.61. The van der Waals surface area contributed by atoms with Gasteiger partial charge in [0.05, 0.1) is 35.6 Å². The van der Waals surface area contributed by atoms with Gasteiger partial charge in [0.25, 0.3) is 0 Å². The first-order chi connectivity index (χ1) is 15.8. The van der Waals surface area contributed by atoms with E-state index in [1.807, 2.05) is 18.2 Å². The van der Waals surface area contributed by atoms with Crippen molar-refractivity contribution in [3.63, 3.8) is 0 Å². The van der Waals surface area contributed by atoms with Crippen LogP contribution in [0.3, 0.4) is 0 Å². The lowest BCUT2D eigenvalue weighted by Gasteiger charge is -2.57. The van der Waals surface area contributed by atoms with E-state index in [0.29, 0.717) is 11.1 Å². The molecule has 4 unspecified atom stereocenters. The number of nitriles is 4. The van der Waals surface area contributed by atoms with Gasteiger partial charge in [0.2, 0.25) is 0 Å². The highest BCUT2D eigenvalue weighted by atomic mass is 19.1. The molecule has 0 aromatic heterocycles. The van der Waals surface area contributed by atoms with Crippen molar-refractivity contribution in [3.8, 4) is 24.3 Å². The van der Waals surface area contributed by atoms with Crippen molar-refractivity contribution >= 4 is 5.71 Å². The number of nitrogens with one attached hydrogen (secondary N) is 1. The first kappa shape index (κ1) is 21.7. The molecular weight excluding hydrogens is 422 g/mol. The van der Waals surface area contributed by atoms with Crippen LogP contribution in [-0.4, -0.2) is 5.71 Å². The van der Waals surface area contributed by atoms with Crippen LogP contribution < -0.4 is 5.73 Å². The Labute approximate surface area is 188 Å². The Bertz CT molecular complexity index is 1330. The van der Waals surface area contributed by atoms with E-state index in [4.69, 9.17) is 11.1 Å². The largest absolute Gasteiger partial charge is 0.400 e. The molecule has 0 aliphatic heterocycles. The van der Waals surface area contributed by atoms with Gasteiger partial charge in [0.15, 0.2) is 5.41 Å². The minimum atomic E-state index is -2.10. The lowest BCUT2D eigenvalue weighted by atomic mass is 9.40. The maximum atomic E-state index is 13.7. The van der Waals surface area contributed by atoms with Gasteiger partial charge in [-0.1, -0.05) is 24.3 Å². The Morgan fingerprint density at radius 1 is 0.879 bits per heavy atom. The van der Waals surface area contributed by atoms with Crippen LogP contribution in [0.5, 0.6) is 0 Å². The topological polar surface area (TPSA) is 145 Å². The third-order valence-electron chi connectivity index (χ3n) is 6.90. The van der Waals surface area contributed by atoms with E-state index < -0.39 is 45.9 Å². The summed E-state index contributed by atoms with van der Waals surface area (Å²) in [4.78, 5) is 0. The van der Waals surface area contributed by atoms with Gasteiger partial charge in [-0.05, 0) is 47.7 Å². The second kappa shape index (κ2) is 7.56. The first-order valence-electron chi connectivity index (χ1n) is 10.0. The molecule has 2 aromatic rings. The predicted octanol–water partition coefficient (Wildman–Crippen LogP) is 3.85. The van der Waals surface area contributed by atoms with Crippen LogP contribution in [0, 0.1) is 85.0 Å². The van der Waals surface area contributed by atoms with Crippen molar-refractivity contribution in [2.24, 2.45) is 28.4 Å². The Kier molecular flexibility index (Phi) is 4.97. The van der Waals surface area contributed by atoms with Crippen molar-refractivity contribution in [2.75, 3.05) is 0 Å². The van der Waals surface area contributed by atoms with Gasteiger partial charge in [0.1, 0.15) is 17.0 Å². The van der Waals surface area contributed by atoms with Gasteiger partial charge >= 0.3 is 0 Å². The number of allylic oxidation sites excluding steroid dienone is 2. The summed E-state index contributed by atoms with van der Waals surface area (Å²) < 4.78 is 27.2. The number of benzene rings is 2. The third kappa shape index (κ3) is 2.75. The average Bonchev–Trinajstić information content (AvgIpc) is 2.82. The predicted molar refractivity (Wildman–Crippen MR) is 112 cm³/mol. The van der Waals surface area contributed by atoms with Crippen molar-refractivity contribution in [1.82, 2.24) is 0 Å². The molecule has 1 saturated carbocycles. The first-order valence-corrected chi connectivity index (χ1v) is 10.0. The van der Waals surface area contributed by atoms with Crippen molar-refractivity contribution in [2.45, 2.75) is 12.3 Å². The van der Waals surface area contributed by atoms with Crippen molar-refractivity contribution in [1.29, 1.82) is 26.5 Å². The molecule has 2 bridgehead atoms. The normalized spacial score (nSPS) is 27.2. The fourth-order valence-corrected chi connectivity index (χ4v) is 5.40. The molecule has 3 N–H and O–H groups in total. The number of rotatable bonds is 3. The molecule has 0 heterocycles. The molecule has 1 fully saturated rings. The highest BCUT2D eigenvalue weighted by molar-refractivity contribution is 6.05. The monoisotopic (exact) mass is 438 g/mol. The van der Waals surface area contributed by atoms with Crippen molar-refractivity contribution in [3.05, 3.63) is 82.6 Å². The fraction of sp³-hybridized carbons (Fsp3) is 0.240. The summed E-state index contributed by atoms with van der Waals surface area (Å²) in [6.07, 6.45) is 0.154. The van der Waals surface area contributed by atoms with E-state index in [-0.39, 0.29) is 17.7 Å². The Morgan fingerprint density at radius 3 is 1.91 bits per heavy atom. The molecule has 0 radical (unpaired) electrons. The smallest absolute Gasteiger partial charge is 0.190 e. The van der Waals surface area contributed by atoms with Crippen LogP contribution in [-0.2, 0) is 6.42 Å². The van der Waals surface area contributed by atoms with E-state index in [2.05, 4.69) is 6.07 Å². The molecule has 8 heteroatoms. The third-order valence-corrected chi connectivity index (χ3v) is 6.90. The summed E-state index contributed by atoms with van der Waals surface area (Å²) in [6, 6.07) is 18.9. The molecule has 3 aliphatic carbocycles. The Balaban J connectivity index is 2.06. The van der Waals surface area contributed by atoms with Crippen LogP contribution in [0.4, 0.5) is 8.78 Å². The van der Waals surface area contributed by atoms with Crippen LogP contribution in [0.2, 0.25) is 0 Å². The molecule has 160 valence electrons. The maximum Gasteiger partial charge on any atom is 0.190 e. The second-order valence-corrected chi connectivity index (χ2v) is 8.26. The average molecular weight is 438 g/mol. The number of hydrogen-bond donors (Lipinski definition) is 2. The quantitative estimate of drug-likeness (QED) is 0.747. The molecule has 4 atom stereocenters. The minimum absolute atomic E-state index is 0.0830. The molecule has 0 saturated heterocycles. The minimum Gasteiger partial charge on any atom is -0.400 e. The van der Waals surface area contributed by atoms with E-state index in [1.54, 1.807) is 12.1 Å². The SMILES string of the molecule is N#CC1=C(N)C2(C#N)C(=N)C(C#N)(C#N)C1C(c1ccc(F)cc1)C2Cc1ccc(F)cc1. The number of fused-ring (bicyclic) bond motifs is 2. The number of nitrogens with two attached hydrogens (primary N) is 1. The molecule has 2 aromatic carbocycles. The van der Waals surface area contributed by atoms with Crippen LogP contribution >= 0.6 is 0 Å². The lowest BCUT2D eigenvalue weighted by Crippen LogP contribution is -2.64. The summed E-state index contributed by atoms with van der Waals surface area (Å²) in [7, 11) is 0. The molecular formula is C25H16F2N6. The maximum absolute atomic E-state index is 13.7. The summed E-state index contributed by atoms with van der Waals surface area (Å²) in [6.45, 7) is 0. The van der Waals surface area contributed by atoms with Gasteiger partial charge in [-0.3, -0.25) is 0 Å². The second-order valence-electron chi connectivity index (χ2n) is 8.26. The van der Waals surface area contributed by atoms with Gasteiger partial charge in [-0.15, -0.1) is 0 Å². The molecule has 5 rings (SSSR count). The highest BCUT2D eigenvalue weighted by Crippen LogP contribution is 2.65. The zero-order valence-corrected chi connectivity index (χ0v) is 17.2. The molecule has 6 nitrogen and oxygen atoms in total. The lowest BCUT2D eigenvalue weighted by molar-refractivity contribution is 0.156. The molecule has 0 amide bonds. The number of nitrogens with zero attached hydrogens (tertiary/aromatic N) is 4. The van der Waals surface area contributed by atoms with Crippen LogP contribution in [0.25, 0.3) is 0 Å². The Morgan fingerprint density at radius 2 is 1.42 bits per heavy atom. The van der Waals surface area contributed by atoms with E-state index in [0.717, 1.165) is 0 Å². The zero-order chi connectivity index (χ0) is 24.0. The highest BCUT2D eigenvalue weighted by Gasteiger charge is 2.71. The standard InChI is InChI=1S/C25H16F2N6/c26-16-5-1-14(2-6-16)9-19-20(15-3-7-17(27)8-4-15)21-18(10-28)22(32)25(19,13-31)23(33)24(21,11-29)12-30/h1-8,19-21,33H,9,32H2. The van der Waals surface area contributed by atoms with Gasteiger partial charge in [0, 0.05) is 17.5 Å². The van der Waals surface area contributed by atoms with Crippen LogP contribution in [0.15, 0.2) is 59.8 Å². The van der Waals surface area contributed by atoms with Crippen molar-refractivity contribution < 1.29 is 8.78 Å². The number of hydrogen-bond acceptors (Lipinski definition) is 6. The van der Waals surface area contributed by atoms with E-state index in [1.165, 1.54) is 36.4 Å². The summed E-state index contributed by atoms with van der Waals surface area (Å²) in [5.41, 5.74) is 2.78. The van der Waals surface area contributed by atoms with E-state index in [9.17, 15) is 29.8 Å². The van der Waals surface area contributed by atoms with E-state index >= 15 is 0 Å². The van der Waals surface area contributed by atoms with Crippen LogP contribution in [0.1, 0.15) is 17.0 Å².